The molecule has 0 aliphatic rings. The number of fused-ring (bicyclic) bond motifs is 1. The summed E-state index contributed by atoms with van der Waals surface area (Å²) in [5.74, 6) is 0. The molecule has 0 saturated heterocycles. The molecule has 5 aromatic rings. The summed E-state index contributed by atoms with van der Waals surface area (Å²) >= 11 is 8.58. The Balaban J connectivity index is 1.50. The monoisotopic (exact) mass is 585 g/mol. The third kappa shape index (κ3) is 4.83. The molecule has 34 heavy (non-hydrogen) atoms. The van der Waals surface area contributed by atoms with Crippen LogP contribution in [0.1, 0.15) is 10.6 Å². The normalized spacial score (nSPS) is 11.4. The molecular weight excluding hydrogens is 570 g/mol. The molecule has 0 N–H and O–H groups in total. The Kier molecular flexibility index (Phi) is 6.59. The molecule has 0 fully saturated rings. The average Bonchev–Trinajstić information content (AvgIpc) is 3.30. The van der Waals surface area contributed by atoms with Gasteiger partial charge in [0.15, 0.2) is 0 Å². The Morgan fingerprint density at radius 3 is 1.82 bits per heavy atom. The van der Waals surface area contributed by atoms with Gasteiger partial charge in [-0.3, -0.25) is 0 Å². The van der Waals surface area contributed by atoms with Crippen LogP contribution in [-0.2, 0) is 0 Å². The zero-order chi connectivity index (χ0) is 23.5. The van der Waals surface area contributed by atoms with Crippen LogP contribution in [0.2, 0.25) is 0 Å². The number of benzene rings is 4. The summed E-state index contributed by atoms with van der Waals surface area (Å²) < 4.78 is 3.14. The number of aromatic nitrogens is 1. The van der Waals surface area contributed by atoms with E-state index in [-0.39, 0.29) is 0 Å². The van der Waals surface area contributed by atoms with Crippen LogP contribution in [0.5, 0.6) is 0 Å². The fraction of sp³-hybridized carbons (Fsp3) is 0. The molecule has 0 amide bonds. The third-order valence-electron chi connectivity index (χ3n) is 5.28. The fourth-order valence-corrected chi connectivity index (χ4v) is 5.10. The molecule has 3 nitrogen and oxygen atoms in total. The van der Waals surface area contributed by atoms with Crippen molar-refractivity contribution >= 4 is 82.1 Å². The summed E-state index contributed by atoms with van der Waals surface area (Å²) in [5, 5.41) is 10.5. The number of nitriles is 1. The van der Waals surface area contributed by atoms with Crippen molar-refractivity contribution in [1.29, 1.82) is 5.26 Å². The van der Waals surface area contributed by atoms with E-state index in [2.05, 4.69) is 84.2 Å². The van der Waals surface area contributed by atoms with Crippen molar-refractivity contribution in [3.8, 4) is 6.07 Å². The smallest absolute Gasteiger partial charge is 0.135 e. The van der Waals surface area contributed by atoms with Crippen molar-refractivity contribution in [3.05, 3.63) is 117 Å². The standard InChI is InChI=1S/C28H17Br2N3S/c29-21-7-13-24(14-8-21)33(25-15-9-22(30)10-16-25)23-11-5-19(6-12-23)17-20(18-31)28-32-26-3-1-2-4-27(26)34-28/h1-17H/b20-17+. The van der Waals surface area contributed by atoms with E-state index in [9.17, 15) is 5.26 Å². The lowest BCUT2D eigenvalue weighted by Gasteiger charge is -2.25. The number of thiazole rings is 1. The molecule has 0 aliphatic carbocycles. The van der Waals surface area contributed by atoms with Gasteiger partial charge >= 0.3 is 0 Å². The molecule has 4 aromatic carbocycles. The first-order valence-corrected chi connectivity index (χ1v) is 12.9. The van der Waals surface area contributed by atoms with E-state index in [1.54, 1.807) is 0 Å². The second-order valence-corrected chi connectivity index (χ2v) is 10.4. The van der Waals surface area contributed by atoms with Crippen molar-refractivity contribution in [1.82, 2.24) is 4.98 Å². The summed E-state index contributed by atoms with van der Waals surface area (Å²) in [6.45, 7) is 0. The van der Waals surface area contributed by atoms with Gasteiger partial charge in [-0.15, -0.1) is 11.3 Å². The van der Waals surface area contributed by atoms with Crippen molar-refractivity contribution in [3.63, 3.8) is 0 Å². The van der Waals surface area contributed by atoms with Gasteiger partial charge in [0.2, 0.25) is 0 Å². The number of allylic oxidation sites excluding steroid dienone is 1. The Labute approximate surface area is 218 Å². The van der Waals surface area contributed by atoms with Gasteiger partial charge in [-0.25, -0.2) is 4.98 Å². The first-order chi connectivity index (χ1) is 16.6. The third-order valence-corrected chi connectivity index (χ3v) is 7.40. The molecular formula is C28H17Br2N3S. The molecule has 6 heteroatoms. The second kappa shape index (κ2) is 9.94. The SMILES string of the molecule is N#C/C(=C\c1ccc(N(c2ccc(Br)cc2)c2ccc(Br)cc2)cc1)c1nc2ccccc2s1. The van der Waals surface area contributed by atoms with Crippen LogP contribution in [0.4, 0.5) is 17.1 Å². The number of hydrogen-bond donors (Lipinski definition) is 0. The fourth-order valence-electron chi connectivity index (χ4n) is 3.64. The van der Waals surface area contributed by atoms with Crippen LogP contribution in [0.3, 0.4) is 0 Å². The summed E-state index contributed by atoms with van der Waals surface area (Å²) in [5.41, 5.74) is 5.57. The summed E-state index contributed by atoms with van der Waals surface area (Å²) in [4.78, 5) is 6.83. The Morgan fingerprint density at radius 1 is 0.765 bits per heavy atom. The maximum atomic E-state index is 9.78. The predicted molar refractivity (Wildman–Crippen MR) is 150 cm³/mol. The number of nitrogens with zero attached hydrogens (tertiary/aromatic N) is 3. The first kappa shape index (κ1) is 22.5. The Hall–Kier alpha value is -3.24. The minimum atomic E-state index is 0.562. The maximum Gasteiger partial charge on any atom is 0.135 e. The van der Waals surface area contributed by atoms with Gasteiger partial charge in [-0.05, 0) is 84.4 Å². The van der Waals surface area contributed by atoms with Gasteiger partial charge in [0.1, 0.15) is 11.1 Å². The highest BCUT2D eigenvalue weighted by Gasteiger charge is 2.13. The maximum absolute atomic E-state index is 9.78. The van der Waals surface area contributed by atoms with Crippen molar-refractivity contribution in [2.75, 3.05) is 4.90 Å². The quantitative estimate of drug-likeness (QED) is 0.193. The molecule has 0 aliphatic heterocycles. The molecule has 0 radical (unpaired) electrons. The molecule has 0 saturated carbocycles. The molecule has 164 valence electrons. The Morgan fingerprint density at radius 2 is 1.29 bits per heavy atom. The largest absolute Gasteiger partial charge is 0.311 e. The molecule has 0 unspecified atom stereocenters. The summed E-state index contributed by atoms with van der Waals surface area (Å²) in [7, 11) is 0. The summed E-state index contributed by atoms with van der Waals surface area (Å²) in [6.07, 6.45) is 1.89. The van der Waals surface area contributed by atoms with E-state index in [0.29, 0.717) is 5.57 Å². The van der Waals surface area contributed by atoms with Gasteiger partial charge in [0, 0.05) is 26.0 Å². The minimum absolute atomic E-state index is 0.562. The highest BCUT2D eigenvalue weighted by Crippen LogP contribution is 2.36. The van der Waals surface area contributed by atoms with E-state index in [1.165, 1.54) is 11.3 Å². The van der Waals surface area contributed by atoms with E-state index in [4.69, 9.17) is 0 Å². The molecule has 0 bridgehead atoms. The highest BCUT2D eigenvalue weighted by molar-refractivity contribution is 9.10. The Bertz CT molecular complexity index is 1440. The topological polar surface area (TPSA) is 39.9 Å². The van der Waals surface area contributed by atoms with Gasteiger partial charge in [0.25, 0.3) is 0 Å². The number of hydrogen-bond acceptors (Lipinski definition) is 4. The zero-order valence-corrected chi connectivity index (χ0v) is 21.8. The molecule has 5 rings (SSSR count). The second-order valence-electron chi connectivity index (χ2n) is 7.54. The zero-order valence-electron chi connectivity index (χ0n) is 17.8. The van der Waals surface area contributed by atoms with E-state index in [1.807, 2.05) is 66.7 Å². The van der Waals surface area contributed by atoms with E-state index in [0.717, 1.165) is 46.8 Å². The lowest BCUT2D eigenvalue weighted by atomic mass is 10.1. The van der Waals surface area contributed by atoms with Crippen LogP contribution in [-0.4, -0.2) is 4.98 Å². The van der Waals surface area contributed by atoms with Crippen molar-refractivity contribution in [2.45, 2.75) is 0 Å². The number of rotatable bonds is 5. The van der Waals surface area contributed by atoms with Crippen LogP contribution < -0.4 is 4.90 Å². The molecule has 1 aromatic heterocycles. The van der Waals surface area contributed by atoms with Crippen LogP contribution in [0.15, 0.2) is 106 Å². The van der Waals surface area contributed by atoms with Crippen LogP contribution >= 0.6 is 43.2 Å². The van der Waals surface area contributed by atoms with Gasteiger partial charge in [-0.2, -0.15) is 5.26 Å². The highest BCUT2D eigenvalue weighted by atomic mass is 79.9. The lowest BCUT2D eigenvalue weighted by Crippen LogP contribution is -2.09. The van der Waals surface area contributed by atoms with E-state index < -0.39 is 0 Å². The van der Waals surface area contributed by atoms with Crippen molar-refractivity contribution in [2.24, 2.45) is 0 Å². The van der Waals surface area contributed by atoms with E-state index >= 15 is 0 Å². The summed E-state index contributed by atoms with van der Waals surface area (Å²) in [6, 6.07) is 35.0. The minimum Gasteiger partial charge on any atom is -0.311 e. The first-order valence-electron chi connectivity index (χ1n) is 10.5. The molecule has 0 spiro atoms. The molecule has 0 atom stereocenters. The van der Waals surface area contributed by atoms with Crippen LogP contribution in [0.25, 0.3) is 21.9 Å². The van der Waals surface area contributed by atoms with Crippen molar-refractivity contribution < 1.29 is 0 Å². The number of anilines is 3. The van der Waals surface area contributed by atoms with Crippen LogP contribution in [0, 0.1) is 11.3 Å². The van der Waals surface area contributed by atoms with Gasteiger partial charge in [0.05, 0.1) is 15.8 Å². The van der Waals surface area contributed by atoms with Gasteiger partial charge in [-0.1, -0.05) is 56.1 Å². The molecule has 1 heterocycles. The number of halogens is 2. The van der Waals surface area contributed by atoms with Gasteiger partial charge < -0.3 is 4.90 Å². The average molecular weight is 587 g/mol. The lowest BCUT2D eigenvalue weighted by molar-refractivity contribution is 1.28. The number of para-hydroxylation sites is 1. The predicted octanol–water partition coefficient (Wildman–Crippen LogP) is 9.36.